The Kier molecular flexibility index (Phi) is 5.84. The number of alkyl carbamates (subject to hydrolysis) is 1. The Hall–Kier alpha value is -3.64. The molecule has 0 spiro atoms. The Morgan fingerprint density at radius 1 is 0.970 bits per heavy atom. The van der Waals surface area contributed by atoms with E-state index in [1.165, 1.54) is 4.70 Å². The highest BCUT2D eigenvalue weighted by atomic mass is 32.1. The van der Waals surface area contributed by atoms with Crippen molar-refractivity contribution in [3.05, 3.63) is 94.9 Å². The number of benzene rings is 3. The van der Waals surface area contributed by atoms with Crippen molar-refractivity contribution < 1.29 is 19.4 Å². The predicted octanol–water partition coefficient (Wildman–Crippen LogP) is 5.83. The third-order valence-corrected chi connectivity index (χ3v) is 7.07. The number of aryl methyl sites for hydroxylation is 1. The normalized spacial score (nSPS) is 13.3. The van der Waals surface area contributed by atoms with Crippen LogP contribution in [0.4, 0.5) is 4.79 Å². The molecule has 1 amide bonds. The fourth-order valence-electron chi connectivity index (χ4n) is 4.52. The quantitative estimate of drug-likeness (QED) is 0.366. The lowest BCUT2D eigenvalue weighted by molar-refractivity contribution is -0.139. The molecule has 1 aliphatic rings. The number of ether oxygens (including phenoxy) is 1. The second-order valence-electron chi connectivity index (χ2n) is 8.19. The fourth-order valence-corrected chi connectivity index (χ4v) is 5.29. The first-order valence-electron chi connectivity index (χ1n) is 10.9. The third kappa shape index (κ3) is 4.34. The maximum Gasteiger partial charge on any atom is 0.407 e. The summed E-state index contributed by atoms with van der Waals surface area (Å²) in [5.41, 5.74) is 5.57. The van der Waals surface area contributed by atoms with E-state index in [1.807, 2.05) is 60.0 Å². The molecule has 2 N–H and O–H groups in total. The zero-order chi connectivity index (χ0) is 22.8. The van der Waals surface area contributed by atoms with Crippen molar-refractivity contribution in [3.63, 3.8) is 0 Å². The lowest BCUT2D eigenvalue weighted by Crippen LogP contribution is -2.41. The number of hydrogen-bond donors (Lipinski definition) is 2. The molecule has 0 saturated carbocycles. The van der Waals surface area contributed by atoms with Gasteiger partial charge >= 0.3 is 12.1 Å². The molecule has 4 aromatic rings. The second kappa shape index (κ2) is 9.08. The number of carboxylic acids is 1. The molecule has 0 fully saturated rings. The van der Waals surface area contributed by atoms with Crippen molar-refractivity contribution in [1.82, 2.24) is 5.32 Å². The molecule has 1 aromatic heterocycles. The zero-order valence-electron chi connectivity index (χ0n) is 17.9. The number of hydrogen-bond acceptors (Lipinski definition) is 4. The largest absolute Gasteiger partial charge is 0.480 e. The molecule has 3 aromatic carbocycles. The van der Waals surface area contributed by atoms with Crippen LogP contribution in [0.3, 0.4) is 0 Å². The highest BCUT2D eigenvalue weighted by molar-refractivity contribution is 7.17. The minimum Gasteiger partial charge on any atom is -0.480 e. The second-order valence-corrected chi connectivity index (χ2v) is 9.14. The molecule has 0 unspecified atom stereocenters. The van der Waals surface area contributed by atoms with Gasteiger partial charge in [0.2, 0.25) is 0 Å². The van der Waals surface area contributed by atoms with Crippen LogP contribution >= 0.6 is 11.3 Å². The molecular weight excluding hydrogens is 434 g/mol. The fraction of sp³-hybridized carbons (Fsp3) is 0.185. The highest BCUT2D eigenvalue weighted by Crippen LogP contribution is 2.44. The molecule has 1 aliphatic carbocycles. The molecule has 0 saturated heterocycles. The minimum absolute atomic E-state index is 0.0660. The van der Waals surface area contributed by atoms with Gasteiger partial charge < -0.3 is 15.2 Å². The van der Waals surface area contributed by atoms with Gasteiger partial charge in [0.1, 0.15) is 12.6 Å². The molecule has 5 nitrogen and oxygen atoms in total. The molecule has 1 heterocycles. The Morgan fingerprint density at radius 2 is 1.67 bits per heavy atom. The lowest BCUT2D eigenvalue weighted by atomic mass is 9.98. The third-order valence-electron chi connectivity index (χ3n) is 6.17. The van der Waals surface area contributed by atoms with Crippen LogP contribution in [0.25, 0.3) is 21.2 Å². The molecule has 166 valence electrons. The summed E-state index contributed by atoms with van der Waals surface area (Å²) >= 11 is 1.67. The number of aliphatic carboxylic acids is 1. The first-order valence-corrected chi connectivity index (χ1v) is 11.8. The van der Waals surface area contributed by atoms with E-state index >= 15 is 0 Å². The summed E-state index contributed by atoms with van der Waals surface area (Å²) in [5, 5.41) is 15.3. The molecular formula is C27H23NO4S. The lowest BCUT2D eigenvalue weighted by Gasteiger charge is -2.17. The van der Waals surface area contributed by atoms with Gasteiger partial charge in [-0.3, -0.25) is 0 Å². The number of amides is 1. The number of fused-ring (bicyclic) bond motifs is 4. The van der Waals surface area contributed by atoms with Gasteiger partial charge in [-0.25, -0.2) is 9.59 Å². The van der Waals surface area contributed by atoms with E-state index < -0.39 is 18.1 Å². The van der Waals surface area contributed by atoms with Gasteiger partial charge in [0.05, 0.1) is 0 Å². The van der Waals surface area contributed by atoms with Gasteiger partial charge in [0.15, 0.2) is 0 Å². The van der Waals surface area contributed by atoms with Gasteiger partial charge in [-0.2, -0.15) is 0 Å². The van der Waals surface area contributed by atoms with Crippen molar-refractivity contribution in [1.29, 1.82) is 0 Å². The molecule has 0 bridgehead atoms. The van der Waals surface area contributed by atoms with Gasteiger partial charge in [-0.05, 0) is 63.6 Å². The van der Waals surface area contributed by atoms with E-state index in [9.17, 15) is 14.7 Å². The summed E-state index contributed by atoms with van der Waals surface area (Å²) < 4.78 is 6.71. The smallest absolute Gasteiger partial charge is 0.407 e. The van der Waals surface area contributed by atoms with Gasteiger partial charge in [-0.1, -0.05) is 60.7 Å². The van der Waals surface area contributed by atoms with Gasteiger partial charge in [0, 0.05) is 10.6 Å². The molecule has 0 radical (unpaired) electrons. The summed E-state index contributed by atoms with van der Waals surface area (Å²) in [6.07, 6.45) is 0.124. The van der Waals surface area contributed by atoms with Crippen molar-refractivity contribution in [3.8, 4) is 11.1 Å². The number of rotatable bonds is 7. The maximum atomic E-state index is 12.5. The standard InChI is InChI=1S/C27H23NO4S/c29-26(30)24(11-9-17-10-12-25-18(15-17)13-14-33-25)28-27(31)32-16-23-21-7-3-1-5-19(21)20-6-2-4-8-22(20)23/h1-8,10,12-15,23-24H,9,11,16H2,(H,28,31)(H,29,30)/t24-/m0/s1. The van der Waals surface area contributed by atoms with Crippen LogP contribution in [0.1, 0.15) is 29.0 Å². The average Bonchev–Trinajstić information content (AvgIpc) is 3.42. The SMILES string of the molecule is O=C(N[C@@H](CCc1ccc2sccc2c1)C(=O)O)OCC1c2ccccc2-c2ccccc21. The van der Waals surface area contributed by atoms with Crippen molar-refractivity contribution >= 4 is 33.5 Å². The van der Waals surface area contributed by atoms with Crippen molar-refractivity contribution in [2.75, 3.05) is 6.61 Å². The molecule has 1 atom stereocenters. The van der Waals surface area contributed by atoms with E-state index in [0.29, 0.717) is 6.42 Å². The van der Waals surface area contributed by atoms with Crippen LogP contribution in [0.5, 0.6) is 0 Å². The molecule has 33 heavy (non-hydrogen) atoms. The summed E-state index contributed by atoms with van der Waals surface area (Å²) in [5.74, 6) is -1.14. The van der Waals surface area contributed by atoms with Crippen LogP contribution in [0.15, 0.2) is 78.2 Å². The Bertz CT molecular complexity index is 1280. The average molecular weight is 458 g/mol. The van der Waals surface area contributed by atoms with Crippen LogP contribution in [0.2, 0.25) is 0 Å². The van der Waals surface area contributed by atoms with Gasteiger partial charge in [-0.15, -0.1) is 11.3 Å². The van der Waals surface area contributed by atoms with E-state index in [2.05, 4.69) is 23.5 Å². The van der Waals surface area contributed by atoms with Gasteiger partial charge in [0.25, 0.3) is 0 Å². The number of nitrogens with one attached hydrogen (secondary N) is 1. The Balaban J connectivity index is 1.21. The summed E-state index contributed by atoms with van der Waals surface area (Å²) in [4.78, 5) is 24.2. The van der Waals surface area contributed by atoms with Crippen molar-refractivity contribution in [2.45, 2.75) is 24.8 Å². The monoisotopic (exact) mass is 457 g/mol. The minimum atomic E-state index is -1.07. The maximum absolute atomic E-state index is 12.5. The zero-order valence-corrected chi connectivity index (χ0v) is 18.7. The van der Waals surface area contributed by atoms with Crippen LogP contribution in [0, 0.1) is 0 Å². The van der Waals surface area contributed by atoms with E-state index in [0.717, 1.165) is 33.2 Å². The molecule has 0 aliphatic heterocycles. The van der Waals surface area contributed by atoms with E-state index in [4.69, 9.17) is 4.74 Å². The summed E-state index contributed by atoms with van der Waals surface area (Å²) in [7, 11) is 0. The topological polar surface area (TPSA) is 75.6 Å². The predicted molar refractivity (Wildman–Crippen MR) is 130 cm³/mol. The van der Waals surface area contributed by atoms with Crippen molar-refractivity contribution in [2.24, 2.45) is 0 Å². The first kappa shape index (κ1) is 21.2. The number of carbonyl (C=O) groups is 2. The number of carbonyl (C=O) groups excluding carboxylic acids is 1. The summed E-state index contributed by atoms with van der Waals surface area (Å²) in [6, 6.07) is 23.3. The Labute approximate surface area is 195 Å². The van der Waals surface area contributed by atoms with Crippen LogP contribution < -0.4 is 5.32 Å². The van der Waals surface area contributed by atoms with Crippen LogP contribution in [-0.2, 0) is 16.0 Å². The van der Waals surface area contributed by atoms with E-state index in [-0.39, 0.29) is 18.9 Å². The van der Waals surface area contributed by atoms with Crippen LogP contribution in [-0.4, -0.2) is 29.8 Å². The highest BCUT2D eigenvalue weighted by Gasteiger charge is 2.29. The Morgan fingerprint density at radius 3 is 2.36 bits per heavy atom. The number of carboxylic acid groups (broad SMARTS) is 1. The van der Waals surface area contributed by atoms with E-state index in [1.54, 1.807) is 11.3 Å². The molecule has 6 heteroatoms. The molecule has 5 rings (SSSR count). The number of thiophene rings is 1. The first-order chi connectivity index (χ1) is 16.1. The summed E-state index contributed by atoms with van der Waals surface area (Å²) in [6.45, 7) is 0.154.